The molecule has 0 spiro atoms. The minimum atomic E-state index is -0.333. The van der Waals surface area contributed by atoms with Gasteiger partial charge >= 0.3 is 0 Å². The largest absolute Gasteiger partial charge is 0.490 e. The smallest absolute Gasteiger partial charge is 0.251 e. The molecule has 2 rings (SSSR count). The molecule has 0 bridgehead atoms. The normalized spacial score (nSPS) is 11.0. The van der Waals surface area contributed by atoms with Gasteiger partial charge in [-0.2, -0.15) is 0 Å². The second-order valence-electron chi connectivity index (χ2n) is 8.41. The summed E-state index contributed by atoms with van der Waals surface area (Å²) in [6, 6.07) is 13.3. The van der Waals surface area contributed by atoms with E-state index < -0.39 is 0 Å². The van der Waals surface area contributed by atoms with Gasteiger partial charge in [0.15, 0.2) is 11.5 Å². The van der Waals surface area contributed by atoms with E-state index in [0.29, 0.717) is 36.8 Å². The van der Waals surface area contributed by atoms with Crippen LogP contribution in [0.2, 0.25) is 0 Å². The Balaban J connectivity index is 1.94. The topological polar surface area (TPSA) is 67.9 Å². The molecule has 2 aromatic rings. The first kappa shape index (κ1) is 24.3. The summed E-state index contributed by atoms with van der Waals surface area (Å²) in [5.41, 5.74) is 2.80. The highest BCUT2D eigenvalue weighted by molar-refractivity contribution is 5.97. The third-order valence-corrected chi connectivity index (χ3v) is 4.87. The Kier molecular flexibility index (Phi) is 8.48. The second kappa shape index (κ2) is 10.8. The zero-order chi connectivity index (χ0) is 23.0. The molecule has 0 heterocycles. The summed E-state index contributed by atoms with van der Waals surface area (Å²) in [7, 11) is 1.73. The summed E-state index contributed by atoms with van der Waals surface area (Å²) in [6.45, 7) is 11.6. The van der Waals surface area contributed by atoms with E-state index >= 15 is 0 Å². The molecule has 0 atom stereocenters. The summed E-state index contributed by atoms with van der Waals surface area (Å²) in [6.07, 6.45) is 0. The Morgan fingerprint density at radius 3 is 2.13 bits per heavy atom. The molecule has 2 aromatic carbocycles. The van der Waals surface area contributed by atoms with Gasteiger partial charge in [-0.05, 0) is 48.6 Å². The van der Waals surface area contributed by atoms with Crippen molar-refractivity contribution >= 4 is 11.8 Å². The lowest BCUT2D eigenvalue weighted by Crippen LogP contribution is -2.37. The number of nitrogens with zero attached hydrogens (tertiary/aromatic N) is 1. The lowest BCUT2D eigenvalue weighted by molar-refractivity contribution is -0.129. The number of nitrogens with one attached hydrogen (secondary N) is 1. The number of carbonyl (C=O) groups excluding carboxylic acids is 2. The van der Waals surface area contributed by atoms with Crippen LogP contribution in [-0.2, 0) is 16.8 Å². The fourth-order valence-corrected chi connectivity index (χ4v) is 3.06. The van der Waals surface area contributed by atoms with Crippen LogP contribution in [0.15, 0.2) is 42.5 Å². The standard InChI is InChI=1S/C25H34N2O4/c1-7-30-21-14-11-19(15-22(21)31-8-2)24(29)26-16-23(28)27(6)17-18-9-12-20(13-10-18)25(3,4)5/h9-15H,7-8,16-17H2,1-6H3,(H,26,29). The molecule has 0 aromatic heterocycles. The number of ether oxygens (including phenoxy) is 2. The molecule has 0 aliphatic rings. The number of hydrogen-bond donors (Lipinski definition) is 1. The first-order valence-electron chi connectivity index (χ1n) is 10.7. The van der Waals surface area contributed by atoms with Crippen molar-refractivity contribution in [2.45, 2.75) is 46.6 Å². The maximum absolute atomic E-state index is 12.5. The molecule has 2 amide bonds. The third kappa shape index (κ3) is 7.02. The van der Waals surface area contributed by atoms with Gasteiger partial charge in [-0.25, -0.2) is 0 Å². The van der Waals surface area contributed by atoms with Crippen molar-refractivity contribution in [2.24, 2.45) is 0 Å². The second-order valence-corrected chi connectivity index (χ2v) is 8.41. The van der Waals surface area contributed by atoms with E-state index in [4.69, 9.17) is 9.47 Å². The maximum Gasteiger partial charge on any atom is 0.251 e. The Bertz CT molecular complexity index is 885. The van der Waals surface area contributed by atoms with E-state index in [0.717, 1.165) is 5.56 Å². The molecular formula is C25H34N2O4. The number of benzene rings is 2. The van der Waals surface area contributed by atoms with Crippen LogP contribution in [0.4, 0.5) is 0 Å². The average Bonchev–Trinajstić information content (AvgIpc) is 2.73. The lowest BCUT2D eigenvalue weighted by atomic mass is 9.87. The van der Waals surface area contributed by atoms with Crippen LogP contribution in [0.5, 0.6) is 11.5 Å². The summed E-state index contributed by atoms with van der Waals surface area (Å²) in [5.74, 6) is 0.609. The first-order chi connectivity index (χ1) is 14.7. The van der Waals surface area contributed by atoms with Gasteiger partial charge in [0.2, 0.25) is 5.91 Å². The van der Waals surface area contributed by atoms with Gasteiger partial charge in [0.1, 0.15) is 0 Å². The molecule has 1 N–H and O–H groups in total. The molecule has 0 aliphatic carbocycles. The number of carbonyl (C=O) groups is 2. The molecule has 168 valence electrons. The van der Waals surface area contributed by atoms with Gasteiger partial charge in [-0.15, -0.1) is 0 Å². The van der Waals surface area contributed by atoms with Crippen molar-refractivity contribution in [1.29, 1.82) is 0 Å². The van der Waals surface area contributed by atoms with Gasteiger partial charge in [0.05, 0.1) is 19.8 Å². The number of rotatable bonds is 9. The fourth-order valence-electron chi connectivity index (χ4n) is 3.06. The SMILES string of the molecule is CCOc1ccc(C(=O)NCC(=O)N(C)Cc2ccc(C(C)(C)C)cc2)cc1OCC. The highest BCUT2D eigenvalue weighted by Crippen LogP contribution is 2.28. The Morgan fingerprint density at radius 1 is 0.935 bits per heavy atom. The minimum Gasteiger partial charge on any atom is -0.490 e. The van der Waals surface area contributed by atoms with Crippen molar-refractivity contribution in [2.75, 3.05) is 26.8 Å². The van der Waals surface area contributed by atoms with Crippen molar-refractivity contribution in [1.82, 2.24) is 10.2 Å². The van der Waals surface area contributed by atoms with Crippen molar-refractivity contribution < 1.29 is 19.1 Å². The monoisotopic (exact) mass is 426 g/mol. The summed E-state index contributed by atoms with van der Waals surface area (Å²) in [5, 5.41) is 2.69. The van der Waals surface area contributed by atoms with Gasteiger partial charge in [0, 0.05) is 19.2 Å². The first-order valence-corrected chi connectivity index (χ1v) is 10.7. The molecule has 0 aliphatic heterocycles. The summed E-state index contributed by atoms with van der Waals surface area (Å²) >= 11 is 0. The third-order valence-electron chi connectivity index (χ3n) is 4.87. The van der Waals surface area contributed by atoms with E-state index in [1.165, 1.54) is 5.56 Å². The quantitative estimate of drug-likeness (QED) is 0.653. The van der Waals surface area contributed by atoms with Gasteiger partial charge in [-0.1, -0.05) is 45.0 Å². The molecule has 0 radical (unpaired) electrons. The minimum absolute atomic E-state index is 0.0768. The predicted molar refractivity (Wildman–Crippen MR) is 123 cm³/mol. The molecule has 0 saturated heterocycles. The Hall–Kier alpha value is -3.02. The molecule has 6 heteroatoms. The van der Waals surface area contributed by atoms with E-state index in [-0.39, 0.29) is 23.8 Å². The predicted octanol–water partition coefficient (Wildman–Crippen LogP) is 4.17. The highest BCUT2D eigenvalue weighted by Gasteiger charge is 2.16. The van der Waals surface area contributed by atoms with Crippen LogP contribution < -0.4 is 14.8 Å². The molecule has 6 nitrogen and oxygen atoms in total. The van der Waals surface area contributed by atoms with Crippen LogP contribution in [0.25, 0.3) is 0 Å². The number of likely N-dealkylation sites (N-methyl/N-ethyl adjacent to an activating group) is 1. The van der Waals surface area contributed by atoms with Crippen molar-refractivity contribution in [3.63, 3.8) is 0 Å². The van der Waals surface area contributed by atoms with Crippen molar-refractivity contribution in [3.05, 3.63) is 59.2 Å². The average molecular weight is 427 g/mol. The number of hydrogen-bond acceptors (Lipinski definition) is 4. The highest BCUT2D eigenvalue weighted by atomic mass is 16.5. The van der Waals surface area contributed by atoms with Crippen LogP contribution >= 0.6 is 0 Å². The van der Waals surface area contributed by atoms with Crippen LogP contribution in [0, 0.1) is 0 Å². The summed E-state index contributed by atoms with van der Waals surface area (Å²) in [4.78, 5) is 26.6. The Morgan fingerprint density at radius 2 is 1.55 bits per heavy atom. The molecule has 0 saturated carbocycles. The lowest BCUT2D eigenvalue weighted by Gasteiger charge is -2.21. The zero-order valence-electron chi connectivity index (χ0n) is 19.5. The van der Waals surface area contributed by atoms with Gasteiger partial charge in [-0.3, -0.25) is 9.59 Å². The number of amides is 2. The fraction of sp³-hybridized carbons (Fsp3) is 0.440. The zero-order valence-corrected chi connectivity index (χ0v) is 19.5. The van der Waals surface area contributed by atoms with Crippen molar-refractivity contribution in [3.8, 4) is 11.5 Å². The van der Waals surface area contributed by atoms with E-state index in [1.807, 2.05) is 26.0 Å². The van der Waals surface area contributed by atoms with Gasteiger partial charge in [0.25, 0.3) is 5.91 Å². The van der Waals surface area contributed by atoms with Gasteiger partial charge < -0.3 is 19.7 Å². The molecule has 0 unspecified atom stereocenters. The van der Waals surface area contributed by atoms with Crippen LogP contribution in [0.1, 0.15) is 56.1 Å². The molecule has 0 fully saturated rings. The van der Waals surface area contributed by atoms with Crippen LogP contribution in [-0.4, -0.2) is 43.5 Å². The van der Waals surface area contributed by atoms with E-state index in [9.17, 15) is 9.59 Å². The van der Waals surface area contributed by atoms with Crippen LogP contribution in [0.3, 0.4) is 0 Å². The van der Waals surface area contributed by atoms with E-state index in [1.54, 1.807) is 30.1 Å². The Labute approximate surface area is 185 Å². The van der Waals surface area contributed by atoms with E-state index in [2.05, 4.69) is 38.2 Å². The molecule has 31 heavy (non-hydrogen) atoms. The summed E-state index contributed by atoms with van der Waals surface area (Å²) < 4.78 is 11.1. The molecular weight excluding hydrogens is 392 g/mol. The maximum atomic E-state index is 12.5.